The molecule has 1 saturated heterocycles. The Morgan fingerprint density at radius 1 is 0.889 bits per heavy atom. The van der Waals surface area contributed by atoms with Gasteiger partial charge in [0, 0.05) is 19.5 Å². The first-order valence-electron chi connectivity index (χ1n) is 14.5. The van der Waals surface area contributed by atoms with Crippen molar-refractivity contribution < 1.29 is 29.6 Å². The van der Waals surface area contributed by atoms with E-state index in [-0.39, 0.29) is 31.0 Å². The molecule has 8 atom stereocenters. The predicted molar refractivity (Wildman–Crippen MR) is 143 cm³/mol. The van der Waals surface area contributed by atoms with Crippen molar-refractivity contribution in [2.24, 2.45) is 17.6 Å². The van der Waals surface area contributed by atoms with Crippen molar-refractivity contribution >= 4 is 5.91 Å². The van der Waals surface area contributed by atoms with E-state index in [1.54, 1.807) is 0 Å². The summed E-state index contributed by atoms with van der Waals surface area (Å²) in [6.07, 6.45) is 11.1. The predicted octanol–water partition coefficient (Wildman–Crippen LogP) is 3.64. The lowest BCUT2D eigenvalue weighted by Gasteiger charge is -2.40. The highest BCUT2D eigenvalue weighted by molar-refractivity contribution is 5.72. The van der Waals surface area contributed by atoms with Gasteiger partial charge in [-0.2, -0.15) is 0 Å². The maximum Gasteiger partial charge on any atom is 0.216 e. The van der Waals surface area contributed by atoms with Crippen molar-refractivity contribution in [2.75, 3.05) is 13.2 Å². The quantitative estimate of drug-likeness (QED) is 0.156. The van der Waals surface area contributed by atoms with E-state index in [4.69, 9.17) is 15.2 Å². The third-order valence-electron chi connectivity index (χ3n) is 7.76. The second-order valence-corrected chi connectivity index (χ2v) is 11.0. The molecule has 0 bridgehead atoms. The fraction of sp³-hybridized carbons (Fsp3) is 0.964. The maximum atomic E-state index is 11.2. The summed E-state index contributed by atoms with van der Waals surface area (Å²) < 4.78 is 11.3. The molecule has 0 radical (unpaired) electrons. The number of aliphatic hydroxyl groups excluding tert-OH is 3. The number of carbonyl (C=O) groups is 1. The van der Waals surface area contributed by atoms with E-state index in [1.165, 1.54) is 84.0 Å². The number of amides is 1. The summed E-state index contributed by atoms with van der Waals surface area (Å²) in [5, 5.41) is 33.1. The van der Waals surface area contributed by atoms with Crippen LogP contribution in [0.4, 0.5) is 0 Å². The summed E-state index contributed by atoms with van der Waals surface area (Å²) in [5.74, 6) is 0.398. The Morgan fingerprint density at radius 3 is 1.94 bits per heavy atom. The van der Waals surface area contributed by atoms with Crippen LogP contribution in [0.25, 0.3) is 0 Å². The molecular formula is C28H56N2O6. The molecule has 1 aliphatic rings. The van der Waals surface area contributed by atoms with Crippen molar-refractivity contribution in [3.8, 4) is 0 Å². The fourth-order valence-electron chi connectivity index (χ4n) is 4.82. The Kier molecular flexibility index (Phi) is 17.8. The van der Waals surface area contributed by atoms with Crippen molar-refractivity contribution in [3.05, 3.63) is 0 Å². The average Bonchev–Trinajstić information content (AvgIpc) is 2.86. The minimum Gasteiger partial charge on any atom is -0.388 e. The highest BCUT2D eigenvalue weighted by Gasteiger charge is 2.44. The molecule has 0 aromatic rings. The first-order chi connectivity index (χ1) is 17.2. The van der Waals surface area contributed by atoms with Gasteiger partial charge in [-0.15, -0.1) is 0 Å². The number of rotatable bonds is 20. The van der Waals surface area contributed by atoms with Gasteiger partial charge in [-0.05, 0) is 11.8 Å². The molecule has 0 aromatic carbocycles. The third kappa shape index (κ3) is 13.2. The second kappa shape index (κ2) is 19.3. The van der Waals surface area contributed by atoms with Crippen LogP contribution in [-0.2, 0) is 14.3 Å². The zero-order chi connectivity index (χ0) is 26.9. The molecule has 8 nitrogen and oxygen atoms in total. The van der Waals surface area contributed by atoms with Gasteiger partial charge in [0.2, 0.25) is 5.91 Å². The van der Waals surface area contributed by atoms with Crippen LogP contribution < -0.4 is 11.1 Å². The monoisotopic (exact) mass is 516 g/mol. The Morgan fingerprint density at radius 2 is 1.42 bits per heavy atom. The molecule has 1 heterocycles. The molecule has 0 aromatic heterocycles. The third-order valence-corrected chi connectivity index (χ3v) is 7.76. The molecule has 0 spiro atoms. The summed E-state index contributed by atoms with van der Waals surface area (Å²) in [7, 11) is 0. The number of nitrogens with two attached hydrogens (primary N) is 1. The van der Waals surface area contributed by atoms with Gasteiger partial charge in [0.1, 0.15) is 24.4 Å². The number of unbranched alkanes of at least 4 members (excludes halogenated alkanes) is 11. The lowest BCUT2D eigenvalue weighted by atomic mass is 9.86. The van der Waals surface area contributed by atoms with Crippen LogP contribution in [0.15, 0.2) is 0 Å². The van der Waals surface area contributed by atoms with E-state index in [0.717, 1.165) is 6.42 Å². The van der Waals surface area contributed by atoms with Crippen molar-refractivity contribution in [1.82, 2.24) is 5.32 Å². The summed E-state index contributed by atoms with van der Waals surface area (Å²) in [6, 6.07) is -0.245. The summed E-state index contributed by atoms with van der Waals surface area (Å²) in [4.78, 5) is 11.2. The largest absolute Gasteiger partial charge is 0.388 e. The number of aliphatic hydroxyl groups is 3. The smallest absolute Gasteiger partial charge is 0.216 e. The average molecular weight is 517 g/mol. The molecule has 0 aliphatic carbocycles. The van der Waals surface area contributed by atoms with E-state index >= 15 is 0 Å². The van der Waals surface area contributed by atoms with E-state index in [0.29, 0.717) is 5.92 Å². The minimum atomic E-state index is -1.43. The summed E-state index contributed by atoms with van der Waals surface area (Å²) >= 11 is 0. The van der Waals surface area contributed by atoms with Gasteiger partial charge in [0.05, 0.1) is 6.61 Å². The van der Waals surface area contributed by atoms with Gasteiger partial charge in [-0.3, -0.25) is 4.79 Å². The number of nitrogens with one attached hydrogen (secondary N) is 1. The molecular weight excluding hydrogens is 460 g/mol. The highest BCUT2D eigenvalue weighted by atomic mass is 16.7. The standard InChI is InChI=1S/C28H56N2O6/c1-5-6-7-8-9-10-11-12-13-14-15-16-17-20(2)21(3)23(29)19-35-28-27(34)26(33)25(32)24(36-28)18-30-22(4)31/h20-21,23-28,32-34H,5-19,29H2,1-4H3,(H,30,31)/t20-,21-,23+,24?,25?,26?,27?,28?/m1/s1. The Labute approximate surface area is 219 Å². The summed E-state index contributed by atoms with van der Waals surface area (Å²) in [5.41, 5.74) is 6.38. The van der Waals surface area contributed by atoms with Crippen LogP contribution in [0, 0.1) is 11.8 Å². The molecule has 0 saturated carbocycles. The van der Waals surface area contributed by atoms with Gasteiger partial charge >= 0.3 is 0 Å². The first kappa shape index (κ1) is 33.3. The van der Waals surface area contributed by atoms with Crippen LogP contribution in [0.3, 0.4) is 0 Å². The van der Waals surface area contributed by atoms with Crippen LogP contribution in [0.2, 0.25) is 0 Å². The molecule has 1 fully saturated rings. The van der Waals surface area contributed by atoms with Gasteiger partial charge in [0.25, 0.3) is 0 Å². The van der Waals surface area contributed by atoms with Gasteiger partial charge in [-0.25, -0.2) is 0 Å². The molecule has 1 aliphatic heterocycles. The highest BCUT2D eigenvalue weighted by Crippen LogP contribution is 2.25. The van der Waals surface area contributed by atoms with Crippen LogP contribution in [-0.4, -0.2) is 71.1 Å². The number of hydrogen-bond donors (Lipinski definition) is 5. The lowest BCUT2D eigenvalue weighted by molar-refractivity contribution is -0.296. The molecule has 1 amide bonds. The second-order valence-electron chi connectivity index (χ2n) is 11.0. The van der Waals surface area contributed by atoms with Gasteiger partial charge in [0.15, 0.2) is 6.29 Å². The van der Waals surface area contributed by atoms with E-state index < -0.39 is 30.7 Å². The molecule has 5 unspecified atom stereocenters. The van der Waals surface area contributed by atoms with Crippen molar-refractivity contribution in [2.45, 2.75) is 148 Å². The van der Waals surface area contributed by atoms with Crippen molar-refractivity contribution in [1.29, 1.82) is 0 Å². The Bertz CT molecular complexity index is 566. The molecule has 214 valence electrons. The zero-order valence-electron chi connectivity index (χ0n) is 23.4. The maximum absolute atomic E-state index is 11.2. The summed E-state index contributed by atoms with van der Waals surface area (Å²) in [6.45, 7) is 8.14. The van der Waals surface area contributed by atoms with Crippen molar-refractivity contribution in [3.63, 3.8) is 0 Å². The Hall–Kier alpha value is -0.770. The zero-order valence-corrected chi connectivity index (χ0v) is 23.4. The van der Waals surface area contributed by atoms with Gasteiger partial charge in [-0.1, -0.05) is 104 Å². The Balaban J connectivity index is 2.21. The lowest BCUT2D eigenvalue weighted by Crippen LogP contribution is -2.61. The molecule has 6 N–H and O–H groups in total. The minimum absolute atomic E-state index is 0.0126. The fourth-order valence-corrected chi connectivity index (χ4v) is 4.82. The van der Waals surface area contributed by atoms with E-state index in [1.807, 2.05) is 0 Å². The first-order valence-corrected chi connectivity index (χ1v) is 14.5. The normalized spacial score (nSPS) is 26.9. The number of carbonyl (C=O) groups excluding carboxylic acids is 1. The van der Waals surface area contributed by atoms with E-state index in [9.17, 15) is 20.1 Å². The molecule has 36 heavy (non-hydrogen) atoms. The topological polar surface area (TPSA) is 134 Å². The van der Waals surface area contributed by atoms with Crippen LogP contribution in [0.5, 0.6) is 0 Å². The SMILES string of the molecule is CCCCCCCCCCCCCC[C@@H](C)[C@@H](C)[C@@H](N)COC1OC(CNC(C)=O)C(O)C(O)C1O. The molecule has 1 rings (SSSR count). The van der Waals surface area contributed by atoms with E-state index in [2.05, 4.69) is 26.1 Å². The van der Waals surface area contributed by atoms with Crippen LogP contribution in [0.1, 0.15) is 111 Å². The number of hydrogen-bond acceptors (Lipinski definition) is 7. The molecule has 8 heteroatoms. The number of ether oxygens (including phenoxy) is 2. The van der Waals surface area contributed by atoms with Crippen LogP contribution >= 0.6 is 0 Å². The van der Waals surface area contributed by atoms with Gasteiger partial charge < -0.3 is 35.8 Å².